The molecule has 1 aromatic rings. The van der Waals surface area contributed by atoms with Gasteiger partial charge in [0.15, 0.2) is 0 Å². The molecule has 4 nitrogen and oxygen atoms in total. The third-order valence-electron chi connectivity index (χ3n) is 2.73. The monoisotopic (exact) mass is 343 g/mol. The molecule has 17 heavy (non-hydrogen) atoms. The Balaban J connectivity index is 2.45. The smallest absolute Gasteiger partial charge is 0.124 e. The highest BCUT2D eigenvalue weighted by atomic mass is 127. The van der Waals surface area contributed by atoms with Crippen LogP contribution in [0.25, 0.3) is 5.70 Å². The maximum absolute atomic E-state index is 4.53. The van der Waals surface area contributed by atoms with Crippen LogP contribution in [-0.4, -0.2) is 15.5 Å². The highest BCUT2D eigenvalue weighted by molar-refractivity contribution is 14.1. The molecule has 1 aromatic heterocycles. The third kappa shape index (κ3) is 2.38. The Morgan fingerprint density at radius 3 is 2.65 bits per heavy atom. The molecule has 0 spiro atoms. The van der Waals surface area contributed by atoms with E-state index in [1.165, 1.54) is 0 Å². The zero-order valence-corrected chi connectivity index (χ0v) is 12.5. The second-order valence-electron chi connectivity index (χ2n) is 4.07. The first kappa shape index (κ1) is 12.6. The van der Waals surface area contributed by atoms with Crippen LogP contribution in [0.4, 0.5) is 0 Å². The topological polar surface area (TPSA) is 44.3 Å². The normalized spacial score (nSPS) is 15.2. The van der Waals surface area contributed by atoms with Crippen LogP contribution in [0.5, 0.6) is 0 Å². The molecule has 5 heteroatoms. The Bertz CT molecular complexity index is 485. The second kappa shape index (κ2) is 5.20. The maximum atomic E-state index is 4.53. The van der Waals surface area contributed by atoms with Gasteiger partial charge in [-0.3, -0.25) is 0 Å². The molecular weight excluding hydrogens is 327 g/mol. The number of allylic oxidation sites excluding steroid dienone is 2. The van der Waals surface area contributed by atoms with Gasteiger partial charge in [0.2, 0.25) is 0 Å². The number of aromatic nitrogens is 2. The van der Waals surface area contributed by atoms with E-state index in [2.05, 4.69) is 65.1 Å². The SMILES string of the molecule is CCCC1=N[N]C(CC)=C1n1nc(I)cc1C. The number of nitrogens with zero attached hydrogens (tertiary/aromatic N) is 4. The third-order valence-corrected chi connectivity index (χ3v) is 3.26. The average Bonchev–Trinajstić information content (AvgIpc) is 2.82. The van der Waals surface area contributed by atoms with Crippen LogP contribution in [0.3, 0.4) is 0 Å². The van der Waals surface area contributed by atoms with Gasteiger partial charge >= 0.3 is 0 Å². The van der Waals surface area contributed by atoms with E-state index < -0.39 is 0 Å². The predicted octanol–water partition coefficient (Wildman–Crippen LogP) is 3.15. The molecule has 2 rings (SSSR count). The minimum Gasteiger partial charge on any atom is -0.233 e. The molecular formula is C12H16IN4. The average molecular weight is 343 g/mol. The van der Waals surface area contributed by atoms with Gasteiger partial charge < -0.3 is 0 Å². The van der Waals surface area contributed by atoms with E-state index in [9.17, 15) is 0 Å². The van der Waals surface area contributed by atoms with E-state index in [1.54, 1.807) is 0 Å². The van der Waals surface area contributed by atoms with Gasteiger partial charge in [-0.15, -0.1) is 0 Å². The van der Waals surface area contributed by atoms with Crippen LogP contribution >= 0.6 is 22.6 Å². The van der Waals surface area contributed by atoms with Crippen molar-refractivity contribution in [2.24, 2.45) is 5.10 Å². The molecule has 0 saturated carbocycles. The Morgan fingerprint density at radius 1 is 1.35 bits per heavy atom. The van der Waals surface area contributed by atoms with Crippen molar-refractivity contribution in [3.05, 3.63) is 21.2 Å². The van der Waals surface area contributed by atoms with E-state index in [4.69, 9.17) is 0 Å². The van der Waals surface area contributed by atoms with Crippen molar-refractivity contribution in [3.8, 4) is 0 Å². The van der Waals surface area contributed by atoms with E-state index in [-0.39, 0.29) is 0 Å². The van der Waals surface area contributed by atoms with Crippen molar-refractivity contribution in [1.82, 2.24) is 15.2 Å². The van der Waals surface area contributed by atoms with Gasteiger partial charge in [-0.2, -0.15) is 15.6 Å². The molecule has 1 aliphatic heterocycles. The minimum atomic E-state index is 0.891. The molecule has 0 aliphatic carbocycles. The van der Waals surface area contributed by atoms with Gasteiger partial charge in [0.25, 0.3) is 0 Å². The zero-order valence-electron chi connectivity index (χ0n) is 10.4. The number of halogens is 1. The van der Waals surface area contributed by atoms with Crippen molar-refractivity contribution < 1.29 is 0 Å². The standard InChI is InChI=1S/C12H16IN4/c1-4-6-10-12(9(5-2)14-15-10)17-8(3)7-11(13)16-17/h7H,4-6H2,1-3H3. The molecule has 0 atom stereocenters. The fraction of sp³-hybridized carbons (Fsp3) is 0.500. The fourth-order valence-electron chi connectivity index (χ4n) is 1.93. The fourth-order valence-corrected chi connectivity index (χ4v) is 2.60. The van der Waals surface area contributed by atoms with Gasteiger partial charge in [0.05, 0.1) is 11.4 Å². The molecule has 0 N–H and O–H groups in total. The van der Waals surface area contributed by atoms with Crippen molar-refractivity contribution >= 4 is 34.0 Å². The van der Waals surface area contributed by atoms with Gasteiger partial charge in [0.1, 0.15) is 9.40 Å². The van der Waals surface area contributed by atoms with E-state index >= 15 is 0 Å². The minimum absolute atomic E-state index is 0.891. The molecule has 0 bridgehead atoms. The molecule has 0 unspecified atom stereocenters. The Hall–Kier alpha value is -0.850. The highest BCUT2D eigenvalue weighted by Crippen LogP contribution is 2.24. The molecule has 0 aromatic carbocycles. The summed E-state index contributed by atoms with van der Waals surface area (Å²) in [6.45, 7) is 6.33. The summed E-state index contributed by atoms with van der Waals surface area (Å²) in [7, 11) is 0. The molecule has 0 fully saturated rings. The molecule has 0 saturated heterocycles. The van der Waals surface area contributed by atoms with Gasteiger partial charge in [-0.05, 0) is 48.4 Å². The van der Waals surface area contributed by atoms with Gasteiger partial charge in [0, 0.05) is 5.69 Å². The lowest BCUT2D eigenvalue weighted by molar-refractivity contribution is 0.810. The Labute approximate surface area is 115 Å². The van der Waals surface area contributed by atoms with Crippen molar-refractivity contribution in [3.63, 3.8) is 0 Å². The van der Waals surface area contributed by atoms with Crippen LogP contribution in [0.2, 0.25) is 0 Å². The number of hydrogen-bond acceptors (Lipinski definition) is 2. The lowest BCUT2D eigenvalue weighted by atomic mass is 10.1. The molecule has 1 aliphatic rings. The van der Waals surface area contributed by atoms with E-state index in [0.29, 0.717) is 0 Å². The summed E-state index contributed by atoms with van der Waals surface area (Å²) in [5.41, 5.74) is 8.59. The van der Waals surface area contributed by atoms with Crippen molar-refractivity contribution in [2.45, 2.75) is 40.0 Å². The predicted molar refractivity (Wildman–Crippen MR) is 77.7 cm³/mol. The van der Waals surface area contributed by atoms with E-state index in [1.807, 2.05) is 4.68 Å². The lowest BCUT2D eigenvalue weighted by Crippen LogP contribution is -2.11. The largest absolute Gasteiger partial charge is 0.233 e. The number of aryl methyl sites for hydroxylation is 1. The molecule has 1 radical (unpaired) electrons. The highest BCUT2D eigenvalue weighted by Gasteiger charge is 2.23. The van der Waals surface area contributed by atoms with Gasteiger partial charge in [-0.1, -0.05) is 20.3 Å². The quantitative estimate of drug-likeness (QED) is 0.775. The number of rotatable bonds is 4. The van der Waals surface area contributed by atoms with Crippen molar-refractivity contribution in [1.29, 1.82) is 0 Å². The second-order valence-corrected chi connectivity index (χ2v) is 5.17. The summed E-state index contributed by atoms with van der Waals surface area (Å²) in [5, 5.41) is 8.82. The molecule has 91 valence electrons. The summed E-state index contributed by atoms with van der Waals surface area (Å²) in [6.07, 6.45) is 2.92. The van der Waals surface area contributed by atoms with Crippen molar-refractivity contribution in [2.75, 3.05) is 0 Å². The van der Waals surface area contributed by atoms with Crippen LogP contribution in [0.1, 0.15) is 38.8 Å². The first-order valence-electron chi connectivity index (χ1n) is 5.91. The van der Waals surface area contributed by atoms with Crippen LogP contribution in [0, 0.1) is 10.6 Å². The zero-order chi connectivity index (χ0) is 12.4. The molecule has 2 heterocycles. The van der Waals surface area contributed by atoms with Crippen LogP contribution < -0.4 is 5.43 Å². The van der Waals surface area contributed by atoms with E-state index in [0.717, 1.165) is 45.8 Å². The summed E-state index contributed by atoms with van der Waals surface area (Å²) in [6, 6.07) is 2.07. The lowest BCUT2D eigenvalue weighted by Gasteiger charge is -2.09. The maximum Gasteiger partial charge on any atom is 0.124 e. The first-order chi connectivity index (χ1) is 8.17. The first-order valence-corrected chi connectivity index (χ1v) is 6.98. The Morgan fingerprint density at radius 2 is 2.12 bits per heavy atom. The van der Waals surface area contributed by atoms with Crippen LogP contribution in [0.15, 0.2) is 16.9 Å². The summed E-state index contributed by atoms with van der Waals surface area (Å²) in [4.78, 5) is 0. The van der Waals surface area contributed by atoms with Gasteiger partial charge in [-0.25, -0.2) is 4.68 Å². The summed E-state index contributed by atoms with van der Waals surface area (Å²) >= 11 is 2.24. The summed E-state index contributed by atoms with van der Waals surface area (Å²) in [5.74, 6) is 0. The molecule has 0 amide bonds. The number of hydrogen-bond donors (Lipinski definition) is 0. The summed E-state index contributed by atoms with van der Waals surface area (Å²) < 4.78 is 2.98. The van der Waals surface area contributed by atoms with Crippen LogP contribution in [-0.2, 0) is 0 Å². The Kier molecular flexibility index (Phi) is 3.86.